The largest absolute Gasteiger partial charge is 0.508 e. The van der Waals surface area contributed by atoms with Crippen LogP contribution in [0, 0.1) is 5.92 Å². The average molecular weight is 957 g/mol. The van der Waals surface area contributed by atoms with Gasteiger partial charge in [-0.2, -0.15) is 0 Å². The zero-order valence-corrected chi connectivity index (χ0v) is 38.4. The first-order valence-electron chi connectivity index (χ1n) is 22.4. The molecule has 2 fully saturated rings. The molecule has 0 bridgehead atoms. The van der Waals surface area contributed by atoms with Gasteiger partial charge in [0.05, 0.1) is 13.0 Å². The van der Waals surface area contributed by atoms with Crippen LogP contribution in [0.2, 0.25) is 0 Å². The van der Waals surface area contributed by atoms with Crippen molar-refractivity contribution in [3.8, 4) is 5.75 Å². The maximum Gasteiger partial charge on any atom is 0.247 e. The third-order valence-electron chi connectivity index (χ3n) is 11.4. The highest BCUT2D eigenvalue weighted by molar-refractivity contribution is 5.99. The van der Waals surface area contributed by atoms with Gasteiger partial charge < -0.3 is 69.7 Å². The third kappa shape index (κ3) is 17.5. The van der Waals surface area contributed by atoms with E-state index in [4.69, 9.17) is 17.2 Å². The maximum atomic E-state index is 14.4. The van der Waals surface area contributed by atoms with Gasteiger partial charge in [-0.3, -0.25) is 57.5 Å². The van der Waals surface area contributed by atoms with Gasteiger partial charge in [0.1, 0.15) is 48.0 Å². The van der Waals surface area contributed by atoms with Crippen LogP contribution < -0.4 is 59.7 Å². The van der Waals surface area contributed by atoms with Crippen LogP contribution >= 0.6 is 0 Å². The second-order valence-electron chi connectivity index (χ2n) is 16.7. The molecule has 3 rings (SSSR count). The van der Waals surface area contributed by atoms with Gasteiger partial charge in [-0.25, -0.2) is 0 Å². The topological polar surface area (TPSA) is 403 Å². The molecule has 2 aliphatic heterocycles. The van der Waals surface area contributed by atoms with Gasteiger partial charge in [0.2, 0.25) is 70.9 Å². The number of phenolic OH excluding ortho intramolecular Hbond substituents is 1. The Morgan fingerprint density at radius 2 is 1.41 bits per heavy atom. The first-order valence-corrected chi connectivity index (χ1v) is 22.4. The van der Waals surface area contributed by atoms with E-state index in [1.165, 1.54) is 24.3 Å². The number of nitrogens with zero attached hydrogens (tertiary/aromatic N) is 1. The highest BCUT2D eigenvalue weighted by Gasteiger charge is 2.41. The summed E-state index contributed by atoms with van der Waals surface area (Å²) in [6.07, 6.45) is -1.52. The van der Waals surface area contributed by atoms with Crippen molar-refractivity contribution < 1.29 is 62.6 Å². The summed E-state index contributed by atoms with van der Waals surface area (Å²) in [6.45, 7) is 3.94. The predicted octanol–water partition coefficient (Wildman–Crippen LogP) is -4.67. The van der Waals surface area contributed by atoms with Crippen LogP contribution in [0.25, 0.3) is 0 Å². The molecule has 0 saturated carbocycles. The van der Waals surface area contributed by atoms with Crippen LogP contribution in [0.3, 0.4) is 0 Å². The Morgan fingerprint density at radius 1 is 0.779 bits per heavy atom. The molecule has 2 aliphatic rings. The van der Waals surface area contributed by atoms with Crippen molar-refractivity contribution in [2.75, 3.05) is 19.6 Å². The SMILES string of the molecule is CCC[C@H](NC(=O)[C@@H]1CCCN1C(=O)[C@@H]1CNC(=O)CCC(=O)N[C@@H](Cc2ccc(O)cc2)C(=O)N[C@@H]([C@@H](C)CC)C(=O)N[C@@H](CCC(N)=O)C(=O)N[C@@H](CC(N)=O)C(=O)N1)C(=O)NCC(N)=O. The molecule has 12 amide bonds. The van der Waals surface area contributed by atoms with E-state index >= 15 is 0 Å². The lowest BCUT2D eigenvalue weighted by Crippen LogP contribution is -2.62. The van der Waals surface area contributed by atoms with Gasteiger partial charge in [-0.15, -0.1) is 0 Å². The summed E-state index contributed by atoms with van der Waals surface area (Å²) in [5.41, 5.74) is 16.5. The molecule has 0 aliphatic carbocycles. The number of hydrogen-bond donors (Lipinski definition) is 12. The van der Waals surface area contributed by atoms with Crippen LogP contribution in [0.5, 0.6) is 5.75 Å². The molecule has 1 aromatic carbocycles. The number of hydrogen-bond acceptors (Lipinski definition) is 13. The molecule has 25 heteroatoms. The molecule has 374 valence electrons. The molecular weight excluding hydrogens is 893 g/mol. The summed E-state index contributed by atoms with van der Waals surface area (Å²) in [7, 11) is 0. The number of carbonyl (C=O) groups excluding carboxylic acids is 12. The van der Waals surface area contributed by atoms with E-state index in [0.717, 1.165) is 4.90 Å². The monoisotopic (exact) mass is 956 g/mol. The smallest absolute Gasteiger partial charge is 0.247 e. The normalized spacial score (nSPS) is 23.2. The maximum absolute atomic E-state index is 14.4. The van der Waals surface area contributed by atoms with Gasteiger partial charge in [0.15, 0.2) is 0 Å². The number of phenols is 1. The average Bonchev–Trinajstić information content (AvgIpc) is 3.78. The fourth-order valence-corrected chi connectivity index (χ4v) is 7.43. The van der Waals surface area contributed by atoms with Gasteiger partial charge in [0.25, 0.3) is 0 Å². The van der Waals surface area contributed by atoms with E-state index in [2.05, 4.69) is 42.5 Å². The molecule has 0 aromatic heterocycles. The number of carbonyl (C=O) groups is 12. The Bertz CT molecular complexity index is 2050. The lowest BCUT2D eigenvalue weighted by Gasteiger charge is -2.31. The summed E-state index contributed by atoms with van der Waals surface area (Å²) in [4.78, 5) is 160. The van der Waals surface area contributed by atoms with Crippen LogP contribution in [-0.4, -0.2) is 143 Å². The first kappa shape index (κ1) is 55.0. The lowest BCUT2D eigenvalue weighted by atomic mass is 9.96. The van der Waals surface area contributed by atoms with Crippen molar-refractivity contribution in [1.82, 2.24) is 47.4 Å². The number of nitrogens with two attached hydrogens (primary N) is 3. The molecule has 25 nitrogen and oxygen atoms in total. The summed E-state index contributed by atoms with van der Waals surface area (Å²) in [6, 6.07) is -4.38. The molecule has 15 N–H and O–H groups in total. The van der Waals surface area contributed by atoms with E-state index in [-0.39, 0.29) is 31.6 Å². The highest BCUT2D eigenvalue weighted by atomic mass is 16.3. The van der Waals surface area contributed by atoms with Gasteiger partial charge in [-0.1, -0.05) is 45.7 Å². The minimum atomic E-state index is -1.83. The minimum absolute atomic E-state index is 0.0249. The minimum Gasteiger partial charge on any atom is -0.508 e. The van der Waals surface area contributed by atoms with Gasteiger partial charge >= 0.3 is 0 Å². The van der Waals surface area contributed by atoms with Crippen molar-refractivity contribution in [2.45, 2.75) is 134 Å². The van der Waals surface area contributed by atoms with Crippen LogP contribution in [0.15, 0.2) is 24.3 Å². The molecule has 0 spiro atoms. The number of rotatable bonds is 17. The second-order valence-corrected chi connectivity index (χ2v) is 16.7. The quantitative estimate of drug-likeness (QED) is 0.0700. The van der Waals surface area contributed by atoms with E-state index in [9.17, 15) is 62.6 Å². The molecule has 68 heavy (non-hydrogen) atoms. The van der Waals surface area contributed by atoms with Gasteiger partial charge in [0, 0.05) is 38.8 Å². The molecule has 2 saturated heterocycles. The molecule has 0 radical (unpaired) electrons. The Kier molecular flexibility index (Phi) is 21.6. The number of benzene rings is 1. The number of primary amides is 3. The highest BCUT2D eigenvalue weighted by Crippen LogP contribution is 2.20. The van der Waals surface area contributed by atoms with Crippen LogP contribution in [0.4, 0.5) is 0 Å². The Labute approximate surface area is 392 Å². The van der Waals surface area contributed by atoms with Crippen molar-refractivity contribution in [3.05, 3.63) is 29.8 Å². The van der Waals surface area contributed by atoms with Crippen molar-refractivity contribution >= 4 is 70.9 Å². The first-order chi connectivity index (χ1) is 32.1. The third-order valence-corrected chi connectivity index (χ3v) is 11.4. The zero-order valence-electron chi connectivity index (χ0n) is 38.4. The number of aromatic hydroxyl groups is 1. The standard InChI is InChI=1S/C43H64N12O13/c1-4-7-25(37(62)48-21-33(46)59)50-41(66)30-8-6-17-55(30)43(68)29-20-47-34(60)15-16-35(61)49-27(18-23-9-11-24(56)12-10-23)40(65)54-36(22(3)5-2)42(67)51-26(13-14-31(44)57)38(63)52-28(19-32(45)58)39(64)53-29/h9-12,22,25-30,36,56H,4-8,13-21H2,1-3H3,(H2,44,57)(H2,45,58)(H2,46,59)(H,47,60)(H,48,62)(H,49,61)(H,50,66)(H,51,67)(H,52,63)(H,53,64)(H,54,65)/t22-,25-,26-,27-,28-,29-,30-,36-/m0/s1. The fourth-order valence-electron chi connectivity index (χ4n) is 7.43. The number of amides is 12. The number of nitrogens with one attached hydrogen (secondary N) is 8. The van der Waals surface area contributed by atoms with E-state index in [1.54, 1.807) is 20.8 Å². The molecule has 0 unspecified atom stereocenters. The predicted molar refractivity (Wildman–Crippen MR) is 239 cm³/mol. The molecule has 2 heterocycles. The Balaban J connectivity index is 2.05. The molecule has 1 aromatic rings. The Hall–Kier alpha value is -7.34. The molecular formula is C43H64N12O13. The lowest BCUT2D eigenvalue weighted by molar-refractivity contribution is -0.143. The zero-order chi connectivity index (χ0) is 50.7. The van der Waals surface area contributed by atoms with Crippen molar-refractivity contribution in [2.24, 2.45) is 23.1 Å². The van der Waals surface area contributed by atoms with E-state index < -0.39 is 164 Å². The summed E-state index contributed by atoms with van der Waals surface area (Å²) in [5.74, 6) is -11.4. The number of likely N-dealkylation sites (tertiary alicyclic amines) is 1. The summed E-state index contributed by atoms with van der Waals surface area (Å²) in [5, 5.41) is 29.7. The van der Waals surface area contributed by atoms with Crippen molar-refractivity contribution in [1.29, 1.82) is 0 Å². The second kappa shape index (κ2) is 26.7. The summed E-state index contributed by atoms with van der Waals surface area (Å²) < 4.78 is 0. The van der Waals surface area contributed by atoms with Gasteiger partial charge in [-0.05, 0) is 49.3 Å². The Morgan fingerprint density at radius 3 is 2.03 bits per heavy atom. The van der Waals surface area contributed by atoms with Crippen LogP contribution in [-0.2, 0) is 64.0 Å². The fraction of sp³-hybridized carbons (Fsp3) is 0.581. The van der Waals surface area contributed by atoms with Crippen molar-refractivity contribution in [3.63, 3.8) is 0 Å². The summed E-state index contributed by atoms with van der Waals surface area (Å²) >= 11 is 0. The van der Waals surface area contributed by atoms with E-state index in [0.29, 0.717) is 24.8 Å². The van der Waals surface area contributed by atoms with Crippen LogP contribution in [0.1, 0.15) is 90.5 Å². The van der Waals surface area contributed by atoms with E-state index in [1.807, 2.05) is 0 Å². The molecule has 8 atom stereocenters.